The number of carbonyl (C=O) groups excluding carboxylic acids is 1. The molecule has 1 amide bonds. The van der Waals surface area contributed by atoms with Crippen molar-refractivity contribution in [2.24, 2.45) is 7.05 Å². The maximum atomic E-state index is 12.9. The average Bonchev–Trinajstić information content (AvgIpc) is 3.32. The first kappa shape index (κ1) is 17.0. The Morgan fingerprint density at radius 1 is 1.15 bits per heavy atom. The van der Waals surface area contributed by atoms with Gasteiger partial charge in [0.2, 0.25) is 0 Å². The molecule has 0 bridgehead atoms. The molecule has 0 radical (unpaired) electrons. The van der Waals surface area contributed by atoms with E-state index in [9.17, 15) is 4.79 Å². The number of benzene rings is 1. The number of nitrogens with zero attached hydrogens (tertiary/aromatic N) is 4. The number of hydrogen-bond donors (Lipinski definition) is 1. The smallest absolute Gasteiger partial charge is 0.252 e. The minimum atomic E-state index is -0.131. The molecule has 1 N–H and O–H groups in total. The highest BCUT2D eigenvalue weighted by Gasteiger charge is 2.17. The summed E-state index contributed by atoms with van der Waals surface area (Å²) in [7, 11) is 1.83. The number of carbonyl (C=O) groups is 1. The van der Waals surface area contributed by atoms with E-state index >= 15 is 0 Å². The lowest BCUT2D eigenvalue weighted by atomic mass is 10.1. The van der Waals surface area contributed by atoms with Crippen LogP contribution >= 0.6 is 0 Å². The standard InChI is InChI=1S/C21H21N5O/c1-14-11-18(19-13-22-25(3)20(19)23-14)21(27)24-15(2)16-7-6-8-17(12-16)26-9-4-5-10-26/h4-13,15H,1-3H3,(H,24,27)/t15-/m1/s1. The van der Waals surface area contributed by atoms with Gasteiger partial charge in [0.05, 0.1) is 23.2 Å². The van der Waals surface area contributed by atoms with Crippen molar-refractivity contribution in [1.29, 1.82) is 0 Å². The van der Waals surface area contributed by atoms with E-state index in [1.54, 1.807) is 10.9 Å². The molecule has 3 heterocycles. The van der Waals surface area contributed by atoms with Crippen LogP contribution < -0.4 is 5.32 Å². The molecule has 6 heteroatoms. The van der Waals surface area contributed by atoms with Crippen LogP contribution in [0.25, 0.3) is 16.7 Å². The van der Waals surface area contributed by atoms with Gasteiger partial charge in [-0.1, -0.05) is 12.1 Å². The van der Waals surface area contributed by atoms with Crippen LogP contribution in [0.5, 0.6) is 0 Å². The van der Waals surface area contributed by atoms with Gasteiger partial charge in [0.1, 0.15) is 0 Å². The second-order valence-corrected chi connectivity index (χ2v) is 6.70. The van der Waals surface area contributed by atoms with Crippen molar-refractivity contribution < 1.29 is 4.79 Å². The van der Waals surface area contributed by atoms with Gasteiger partial charge in [0.15, 0.2) is 5.65 Å². The van der Waals surface area contributed by atoms with Crippen LogP contribution in [0.15, 0.2) is 61.1 Å². The average molecular weight is 359 g/mol. The van der Waals surface area contributed by atoms with E-state index in [1.807, 2.05) is 74.3 Å². The van der Waals surface area contributed by atoms with Crippen LogP contribution in [0, 0.1) is 6.92 Å². The van der Waals surface area contributed by atoms with Crippen LogP contribution in [0.1, 0.15) is 34.6 Å². The van der Waals surface area contributed by atoms with Crippen molar-refractivity contribution in [1.82, 2.24) is 24.6 Å². The number of hydrogen-bond acceptors (Lipinski definition) is 3. The Kier molecular flexibility index (Phi) is 4.24. The number of fused-ring (bicyclic) bond motifs is 1. The third-order valence-corrected chi connectivity index (χ3v) is 4.70. The molecule has 0 saturated heterocycles. The quantitative estimate of drug-likeness (QED) is 0.606. The van der Waals surface area contributed by atoms with E-state index in [0.717, 1.165) is 22.3 Å². The zero-order valence-electron chi connectivity index (χ0n) is 15.5. The van der Waals surface area contributed by atoms with Gasteiger partial charge in [-0.2, -0.15) is 5.10 Å². The first-order chi connectivity index (χ1) is 13.0. The topological polar surface area (TPSA) is 64.7 Å². The molecule has 0 aliphatic heterocycles. The number of pyridine rings is 1. The zero-order chi connectivity index (χ0) is 19.0. The number of rotatable bonds is 4. The highest BCUT2D eigenvalue weighted by Crippen LogP contribution is 2.21. The number of aromatic nitrogens is 4. The highest BCUT2D eigenvalue weighted by molar-refractivity contribution is 6.05. The van der Waals surface area contributed by atoms with Crippen molar-refractivity contribution in [2.75, 3.05) is 0 Å². The molecule has 1 atom stereocenters. The van der Waals surface area contributed by atoms with Crippen LogP contribution in [-0.2, 0) is 7.05 Å². The van der Waals surface area contributed by atoms with Crippen molar-refractivity contribution in [2.45, 2.75) is 19.9 Å². The van der Waals surface area contributed by atoms with Gasteiger partial charge in [-0.05, 0) is 49.7 Å². The van der Waals surface area contributed by atoms with Crippen molar-refractivity contribution in [3.05, 3.63) is 77.9 Å². The first-order valence-corrected chi connectivity index (χ1v) is 8.86. The second kappa shape index (κ2) is 6.72. The SMILES string of the molecule is Cc1cc(C(=O)N[C@H](C)c2cccc(-n3cccc3)c2)c2cnn(C)c2n1. The maximum absolute atomic E-state index is 12.9. The number of amides is 1. The molecule has 0 aliphatic carbocycles. The summed E-state index contributed by atoms with van der Waals surface area (Å²) in [5, 5.41) is 8.09. The molecule has 4 aromatic rings. The Morgan fingerprint density at radius 2 is 1.93 bits per heavy atom. The molecule has 1 aromatic carbocycles. The predicted molar refractivity (Wildman–Crippen MR) is 105 cm³/mol. The Balaban J connectivity index is 1.61. The number of aryl methyl sites for hydroxylation is 2. The molecule has 0 aliphatic rings. The highest BCUT2D eigenvalue weighted by atomic mass is 16.1. The summed E-state index contributed by atoms with van der Waals surface area (Å²) < 4.78 is 3.73. The number of nitrogens with one attached hydrogen (secondary N) is 1. The molecule has 3 aromatic heterocycles. The van der Waals surface area contributed by atoms with Gasteiger partial charge in [0.25, 0.3) is 5.91 Å². The monoisotopic (exact) mass is 359 g/mol. The minimum absolute atomic E-state index is 0.127. The fraction of sp³-hybridized carbons (Fsp3) is 0.190. The summed E-state index contributed by atoms with van der Waals surface area (Å²) in [5.74, 6) is -0.127. The molecule has 0 fully saturated rings. The van der Waals surface area contributed by atoms with Crippen LogP contribution in [-0.4, -0.2) is 25.2 Å². The molecular weight excluding hydrogens is 338 g/mol. The second-order valence-electron chi connectivity index (χ2n) is 6.70. The molecule has 0 saturated carbocycles. The predicted octanol–water partition coefficient (Wildman–Crippen LogP) is 3.56. The largest absolute Gasteiger partial charge is 0.345 e. The van der Waals surface area contributed by atoms with Crippen LogP contribution in [0.4, 0.5) is 0 Å². The van der Waals surface area contributed by atoms with Crippen molar-refractivity contribution in [3.8, 4) is 5.69 Å². The Labute approximate surface area is 157 Å². The summed E-state index contributed by atoms with van der Waals surface area (Å²) in [6, 6.07) is 13.8. The molecular formula is C21H21N5O. The van der Waals surface area contributed by atoms with E-state index in [0.29, 0.717) is 11.2 Å². The normalized spacial score (nSPS) is 12.3. The van der Waals surface area contributed by atoms with Crippen LogP contribution in [0.3, 0.4) is 0 Å². The Morgan fingerprint density at radius 3 is 2.70 bits per heavy atom. The summed E-state index contributed by atoms with van der Waals surface area (Å²) >= 11 is 0. The van der Waals surface area contributed by atoms with E-state index in [1.165, 1.54) is 0 Å². The fourth-order valence-corrected chi connectivity index (χ4v) is 3.25. The van der Waals surface area contributed by atoms with E-state index < -0.39 is 0 Å². The molecule has 0 spiro atoms. The molecule has 136 valence electrons. The van der Waals surface area contributed by atoms with Gasteiger partial charge in [-0.25, -0.2) is 4.98 Å². The van der Waals surface area contributed by atoms with Crippen molar-refractivity contribution in [3.63, 3.8) is 0 Å². The lowest BCUT2D eigenvalue weighted by molar-refractivity contribution is 0.0941. The third kappa shape index (κ3) is 3.21. The summed E-state index contributed by atoms with van der Waals surface area (Å²) in [5.41, 5.74) is 4.20. The van der Waals surface area contributed by atoms with Gasteiger partial charge in [-0.15, -0.1) is 0 Å². The van der Waals surface area contributed by atoms with E-state index in [-0.39, 0.29) is 11.9 Å². The Bertz CT molecular complexity index is 1110. The molecule has 6 nitrogen and oxygen atoms in total. The lowest BCUT2D eigenvalue weighted by Crippen LogP contribution is -2.27. The fourth-order valence-electron chi connectivity index (χ4n) is 3.25. The van der Waals surface area contributed by atoms with E-state index in [2.05, 4.69) is 21.5 Å². The molecule has 27 heavy (non-hydrogen) atoms. The van der Waals surface area contributed by atoms with Gasteiger partial charge in [-0.3, -0.25) is 9.48 Å². The van der Waals surface area contributed by atoms with Gasteiger partial charge >= 0.3 is 0 Å². The molecule has 0 unspecified atom stereocenters. The maximum Gasteiger partial charge on any atom is 0.252 e. The minimum Gasteiger partial charge on any atom is -0.345 e. The third-order valence-electron chi connectivity index (χ3n) is 4.70. The summed E-state index contributed by atoms with van der Waals surface area (Å²) in [6.45, 7) is 3.87. The summed E-state index contributed by atoms with van der Waals surface area (Å²) in [6.07, 6.45) is 5.69. The molecule has 4 rings (SSSR count). The van der Waals surface area contributed by atoms with Gasteiger partial charge < -0.3 is 9.88 Å². The van der Waals surface area contributed by atoms with Gasteiger partial charge in [0, 0.05) is 30.8 Å². The van der Waals surface area contributed by atoms with Crippen molar-refractivity contribution >= 4 is 16.9 Å². The van der Waals surface area contributed by atoms with Crippen LogP contribution in [0.2, 0.25) is 0 Å². The Hall–Kier alpha value is -3.41. The zero-order valence-corrected chi connectivity index (χ0v) is 15.5. The van der Waals surface area contributed by atoms with E-state index in [4.69, 9.17) is 0 Å². The summed E-state index contributed by atoms with van der Waals surface area (Å²) in [4.78, 5) is 17.4. The lowest BCUT2D eigenvalue weighted by Gasteiger charge is -2.16. The first-order valence-electron chi connectivity index (χ1n) is 8.86.